The molecule has 1 N–H and O–H groups in total. The van der Waals surface area contributed by atoms with Crippen molar-refractivity contribution in [1.29, 1.82) is 0 Å². The Balaban J connectivity index is 1.79. The highest BCUT2D eigenvalue weighted by molar-refractivity contribution is 6.05. The van der Waals surface area contributed by atoms with Crippen LogP contribution in [0.5, 0.6) is 5.75 Å². The first-order chi connectivity index (χ1) is 12.1. The second-order valence-electron chi connectivity index (χ2n) is 6.19. The maximum Gasteiger partial charge on any atom is 0.255 e. The predicted octanol–water partition coefficient (Wildman–Crippen LogP) is 3.77. The van der Waals surface area contributed by atoms with Crippen LogP contribution in [0.1, 0.15) is 35.2 Å². The van der Waals surface area contributed by atoms with Gasteiger partial charge < -0.3 is 15.0 Å². The Labute approximate surface area is 147 Å². The number of carbonyl (C=O) groups is 2. The molecule has 0 saturated carbocycles. The van der Waals surface area contributed by atoms with E-state index < -0.39 is 0 Å². The molecule has 5 heteroatoms. The van der Waals surface area contributed by atoms with E-state index >= 15 is 0 Å². The summed E-state index contributed by atoms with van der Waals surface area (Å²) in [4.78, 5) is 26.4. The molecule has 0 aromatic heterocycles. The van der Waals surface area contributed by atoms with Crippen LogP contribution < -0.4 is 15.0 Å². The summed E-state index contributed by atoms with van der Waals surface area (Å²) < 4.78 is 5.10. The molecule has 1 saturated heterocycles. The van der Waals surface area contributed by atoms with Gasteiger partial charge >= 0.3 is 0 Å². The number of methoxy groups -OCH3 is 1. The van der Waals surface area contributed by atoms with Gasteiger partial charge in [-0.3, -0.25) is 9.59 Å². The molecular formula is C20H22N2O3. The fourth-order valence-electron chi connectivity index (χ4n) is 2.98. The Kier molecular flexibility index (Phi) is 5.03. The SMILES string of the molecule is COc1ccc(C(=O)Nc2ccc(C)c(N3CCCCC3=O)c2)cc1. The number of hydrogen-bond acceptors (Lipinski definition) is 3. The molecule has 2 aromatic carbocycles. The molecule has 0 unspecified atom stereocenters. The molecular weight excluding hydrogens is 316 g/mol. The molecule has 2 amide bonds. The van der Waals surface area contributed by atoms with Crippen molar-refractivity contribution in [2.24, 2.45) is 0 Å². The van der Waals surface area contributed by atoms with E-state index in [-0.39, 0.29) is 11.8 Å². The Morgan fingerprint density at radius 1 is 1.12 bits per heavy atom. The molecule has 0 spiro atoms. The molecule has 1 heterocycles. The average molecular weight is 338 g/mol. The van der Waals surface area contributed by atoms with Crippen molar-refractivity contribution in [3.8, 4) is 5.75 Å². The van der Waals surface area contributed by atoms with Gasteiger partial charge in [-0.15, -0.1) is 0 Å². The fourth-order valence-corrected chi connectivity index (χ4v) is 2.98. The Hall–Kier alpha value is -2.82. The van der Waals surface area contributed by atoms with Crippen LogP contribution in [0.2, 0.25) is 0 Å². The normalized spacial score (nSPS) is 14.3. The molecule has 0 bridgehead atoms. The minimum Gasteiger partial charge on any atom is -0.497 e. The van der Waals surface area contributed by atoms with Gasteiger partial charge in [0.2, 0.25) is 5.91 Å². The second kappa shape index (κ2) is 7.38. The minimum absolute atomic E-state index is 0.146. The summed E-state index contributed by atoms with van der Waals surface area (Å²) in [6.07, 6.45) is 2.54. The summed E-state index contributed by atoms with van der Waals surface area (Å²) in [7, 11) is 1.59. The first-order valence-electron chi connectivity index (χ1n) is 8.45. The van der Waals surface area contributed by atoms with Crippen molar-refractivity contribution in [3.63, 3.8) is 0 Å². The predicted molar refractivity (Wildman–Crippen MR) is 98.3 cm³/mol. The van der Waals surface area contributed by atoms with Crippen LogP contribution >= 0.6 is 0 Å². The lowest BCUT2D eigenvalue weighted by Crippen LogP contribution is -2.35. The number of anilines is 2. The molecule has 0 atom stereocenters. The summed E-state index contributed by atoms with van der Waals surface area (Å²) in [5.41, 5.74) is 3.13. The summed E-state index contributed by atoms with van der Waals surface area (Å²) in [5, 5.41) is 2.90. The average Bonchev–Trinajstić information content (AvgIpc) is 2.64. The Morgan fingerprint density at radius 2 is 1.88 bits per heavy atom. The first kappa shape index (κ1) is 17.0. The monoisotopic (exact) mass is 338 g/mol. The van der Waals surface area contributed by atoms with Gasteiger partial charge in [0, 0.05) is 29.9 Å². The Morgan fingerprint density at radius 3 is 2.56 bits per heavy atom. The van der Waals surface area contributed by atoms with Gasteiger partial charge in [0.25, 0.3) is 5.91 Å². The zero-order chi connectivity index (χ0) is 17.8. The van der Waals surface area contributed by atoms with Crippen molar-refractivity contribution in [3.05, 3.63) is 53.6 Å². The molecule has 1 aliphatic heterocycles. The lowest BCUT2D eigenvalue weighted by molar-refractivity contribution is -0.119. The van der Waals surface area contributed by atoms with Gasteiger partial charge in [-0.25, -0.2) is 0 Å². The number of aryl methyl sites for hydroxylation is 1. The summed E-state index contributed by atoms with van der Waals surface area (Å²) >= 11 is 0. The number of rotatable bonds is 4. The lowest BCUT2D eigenvalue weighted by atomic mass is 10.1. The van der Waals surface area contributed by atoms with Crippen LogP contribution in [0.4, 0.5) is 11.4 Å². The van der Waals surface area contributed by atoms with Gasteiger partial charge in [-0.1, -0.05) is 6.07 Å². The van der Waals surface area contributed by atoms with Crippen LogP contribution in [0.3, 0.4) is 0 Å². The summed E-state index contributed by atoms with van der Waals surface area (Å²) in [6.45, 7) is 2.71. The fraction of sp³-hybridized carbons (Fsp3) is 0.300. The smallest absolute Gasteiger partial charge is 0.255 e. The van der Waals surface area contributed by atoms with Gasteiger partial charge in [0.05, 0.1) is 7.11 Å². The van der Waals surface area contributed by atoms with E-state index in [1.807, 2.05) is 30.0 Å². The highest BCUT2D eigenvalue weighted by Gasteiger charge is 2.21. The largest absolute Gasteiger partial charge is 0.497 e. The number of ether oxygens (including phenoxy) is 1. The van der Waals surface area contributed by atoms with E-state index in [4.69, 9.17) is 4.74 Å². The number of nitrogens with one attached hydrogen (secondary N) is 1. The highest BCUT2D eigenvalue weighted by atomic mass is 16.5. The standard InChI is InChI=1S/C20H22N2O3/c1-14-6-9-16(13-18(14)22-12-4-3-5-19(22)23)21-20(24)15-7-10-17(25-2)11-8-15/h6-11,13H,3-5,12H2,1-2H3,(H,21,24). The van der Waals surface area contributed by atoms with E-state index in [9.17, 15) is 9.59 Å². The van der Waals surface area contributed by atoms with Crippen molar-refractivity contribution >= 4 is 23.2 Å². The first-order valence-corrected chi connectivity index (χ1v) is 8.45. The summed E-state index contributed by atoms with van der Waals surface area (Å²) in [5.74, 6) is 0.660. The van der Waals surface area contributed by atoms with Gasteiger partial charge in [0.1, 0.15) is 5.75 Å². The number of carbonyl (C=O) groups excluding carboxylic acids is 2. The van der Waals surface area contributed by atoms with Gasteiger partial charge in [0.15, 0.2) is 0 Å². The van der Waals surface area contributed by atoms with E-state index in [1.165, 1.54) is 0 Å². The van der Waals surface area contributed by atoms with E-state index in [2.05, 4.69) is 5.32 Å². The molecule has 1 fully saturated rings. The van der Waals surface area contributed by atoms with Gasteiger partial charge in [-0.05, 0) is 61.7 Å². The van der Waals surface area contributed by atoms with E-state index in [0.717, 1.165) is 30.6 Å². The number of benzene rings is 2. The quantitative estimate of drug-likeness (QED) is 0.923. The topological polar surface area (TPSA) is 58.6 Å². The number of hydrogen-bond donors (Lipinski definition) is 1. The van der Waals surface area contributed by atoms with Crippen LogP contribution in [0, 0.1) is 6.92 Å². The third kappa shape index (κ3) is 3.82. The van der Waals surface area contributed by atoms with Crippen molar-refractivity contribution in [2.75, 3.05) is 23.9 Å². The maximum atomic E-state index is 12.4. The van der Waals surface area contributed by atoms with Crippen LogP contribution in [0.25, 0.3) is 0 Å². The van der Waals surface area contributed by atoms with E-state index in [0.29, 0.717) is 23.4 Å². The van der Waals surface area contributed by atoms with Crippen LogP contribution in [0.15, 0.2) is 42.5 Å². The molecule has 5 nitrogen and oxygen atoms in total. The zero-order valence-electron chi connectivity index (χ0n) is 14.5. The minimum atomic E-state index is -0.192. The highest BCUT2D eigenvalue weighted by Crippen LogP contribution is 2.28. The van der Waals surface area contributed by atoms with Crippen molar-refractivity contribution in [2.45, 2.75) is 26.2 Å². The van der Waals surface area contributed by atoms with Gasteiger partial charge in [-0.2, -0.15) is 0 Å². The molecule has 25 heavy (non-hydrogen) atoms. The molecule has 1 aliphatic rings. The Bertz CT molecular complexity index is 784. The van der Waals surface area contributed by atoms with Crippen LogP contribution in [-0.4, -0.2) is 25.5 Å². The van der Waals surface area contributed by atoms with Crippen molar-refractivity contribution in [1.82, 2.24) is 0 Å². The number of piperidine rings is 1. The molecule has 0 aliphatic carbocycles. The zero-order valence-corrected chi connectivity index (χ0v) is 14.5. The number of nitrogens with zero attached hydrogens (tertiary/aromatic N) is 1. The lowest BCUT2D eigenvalue weighted by Gasteiger charge is -2.28. The third-order valence-corrected chi connectivity index (χ3v) is 4.43. The molecule has 0 radical (unpaired) electrons. The maximum absolute atomic E-state index is 12.4. The number of amides is 2. The van der Waals surface area contributed by atoms with Crippen molar-refractivity contribution < 1.29 is 14.3 Å². The second-order valence-corrected chi connectivity index (χ2v) is 6.19. The van der Waals surface area contributed by atoms with Crippen LogP contribution in [-0.2, 0) is 4.79 Å². The molecule has 2 aromatic rings. The summed E-state index contributed by atoms with van der Waals surface area (Å²) in [6, 6.07) is 12.6. The molecule has 130 valence electrons. The van der Waals surface area contributed by atoms with E-state index in [1.54, 1.807) is 31.4 Å². The molecule has 3 rings (SSSR count). The third-order valence-electron chi connectivity index (χ3n) is 4.43.